The van der Waals surface area contributed by atoms with Crippen molar-refractivity contribution in [1.29, 1.82) is 0 Å². The van der Waals surface area contributed by atoms with Crippen molar-refractivity contribution in [3.8, 4) is 0 Å². The molecule has 0 spiro atoms. The third-order valence-electron chi connectivity index (χ3n) is 5.15. The molecule has 0 radical (unpaired) electrons. The lowest BCUT2D eigenvalue weighted by atomic mass is 9.95. The van der Waals surface area contributed by atoms with Crippen molar-refractivity contribution in [2.45, 2.75) is 61.9 Å². The first-order chi connectivity index (χ1) is 12.4. The molecule has 1 saturated carbocycles. The quantitative estimate of drug-likeness (QED) is 0.813. The van der Waals surface area contributed by atoms with Crippen LogP contribution in [0.1, 0.15) is 55.3 Å². The monoisotopic (exact) mass is 380 g/mol. The molecule has 0 aromatic heterocycles. The molecule has 1 saturated heterocycles. The summed E-state index contributed by atoms with van der Waals surface area (Å²) in [5.41, 5.74) is -0.0894. The summed E-state index contributed by atoms with van der Waals surface area (Å²) in [7, 11) is -3.92. The van der Waals surface area contributed by atoms with Crippen LogP contribution in [0.4, 0.5) is 0 Å². The van der Waals surface area contributed by atoms with Gasteiger partial charge in [0.15, 0.2) is 0 Å². The summed E-state index contributed by atoms with van der Waals surface area (Å²) in [6.07, 6.45) is 6.31. The number of carbonyl (C=O) groups is 2. The van der Waals surface area contributed by atoms with E-state index in [9.17, 15) is 18.0 Å². The Morgan fingerprint density at radius 2 is 1.81 bits per heavy atom. The van der Waals surface area contributed by atoms with E-state index in [1.807, 2.05) is 0 Å². The number of benzene rings is 1. The maximum atomic E-state index is 13.0. The Hall–Kier alpha value is -1.93. The van der Waals surface area contributed by atoms with Gasteiger partial charge in [-0.15, -0.1) is 0 Å². The second-order valence-electron chi connectivity index (χ2n) is 6.95. The third kappa shape index (κ3) is 3.91. The predicted octanol–water partition coefficient (Wildman–Crippen LogP) is 1.99. The standard InChI is InChI=1S/C18H24N2O5S/c21-17(19-14-7-2-1-3-8-14)16-10-5-11-20(16)26(24,25)15-9-4-6-13(12-15)18(22)23/h4,6,9,12,14,16H,1-3,5,7-8,10-11H2,(H,19,21)(H,22,23). The van der Waals surface area contributed by atoms with Crippen LogP contribution < -0.4 is 5.32 Å². The van der Waals surface area contributed by atoms with Gasteiger partial charge in [0.25, 0.3) is 0 Å². The SMILES string of the molecule is O=C(O)c1cccc(S(=O)(=O)N2CCCC2C(=O)NC2CCCCC2)c1. The zero-order valence-corrected chi connectivity index (χ0v) is 15.4. The van der Waals surface area contributed by atoms with Gasteiger partial charge >= 0.3 is 5.97 Å². The van der Waals surface area contributed by atoms with Crippen molar-refractivity contribution >= 4 is 21.9 Å². The average Bonchev–Trinajstić information content (AvgIpc) is 3.13. The summed E-state index contributed by atoms with van der Waals surface area (Å²) in [5, 5.41) is 12.1. The van der Waals surface area contributed by atoms with Gasteiger partial charge in [0.05, 0.1) is 10.5 Å². The van der Waals surface area contributed by atoms with Crippen LogP contribution in [-0.4, -0.2) is 48.3 Å². The summed E-state index contributed by atoms with van der Waals surface area (Å²) in [6, 6.07) is 4.66. The fourth-order valence-corrected chi connectivity index (χ4v) is 5.46. The Morgan fingerprint density at radius 1 is 1.08 bits per heavy atom. The van der Waals surface area contributed by atoms with Crippen molar-refractivity contribution in [3.63, 3.8) is 0 Å². The van der Waals surface area contributed by atoms with Crippen molar-refractivity contribution in [1.82, 2.24) is 9.62 Å². The van der Waals surface area contributed by atoms with Gasteiger partial charge < -0.3 is 10.4 Å². The lowest BCUT2D eigenvalue weighted by Crippen LogP contribution is -2.49. The van der Waals surface area contributed by atoms with Crippen molar-refractivity contribution in [2.75, 3.05) is 6.54 Å². The van der Waals surface area contributed by atoms with Crippen LogP contribution >= 0.6 is 0 Å². The van der Waals surface area contributed by atoms with Gasteiger partial charge in [-0.25, -0.2) is 13.2 Å². The van der Waals surface area contributed by atoms with E-state index < -0.39 is 22.0 Å². The number of carboxylic acid groups (broad SMARTS) is 1. The minimum Gasteiger partial charge on any atom is -0.478 e. The van der Waals surface area contributed by atoms with E-state index in [4.69, 9.17) is 5.11 Å². The molecule has 1 heterocycles. The number of nitrogens with one attached hydrogen (secondary N) is 1. The molecule has 1 aromatic carbocycles. The topological polar surface area (TPSA) is 104 Å². The molecule has 1 unspecified atom stereocenters. The smallest absolute Gasteiger partial charge is 0.335 e. The molecule has 1 aliphatic carbocycles. The molecule has 2 fully saturated rings. The van der Waals surface area contributed by atoms with Gasteiger partial charge in [-0.05, 0) is 43.9 Å². The Kier molecular flexibility index (Phi) is 5.62. The zero-order chi connectivity index (χ0) is 18.7. The van der Waals surface area contributed by atoms with E-state index in [2.05, 4.69) is 5.32 Å². The van der Waals surface area contributed by atoms with Gasteiger partial charge in [0.2, 0.25) is 15.9 Å². The van der Waals surface area contributed by atoms with Crippen LogP contribution in [0.3, 0.4) is 0 Å². The Bertz CT molecular complexity index is 787. The van der Waals surface area contributed by atoms with E-state index in [0.29, 0.717) is 12.8 Å². The molecule has 3 rings (SSSR count). The second kappa shape index (κ2) is 7.75. The Labute approximate surface area is 153 Å². The molecule has 1 aromatic rings. The number of carboxylic acids is 1. The fourth-order valence-electron chi connectivity index (χ4n) is 3.76. The first-order valence-corrected chi connectivity index (χ1v) is 10.5. The van der Waals surface area contributed by atoms with Crippen LogP contribution in [0.15, 0.2) is 29.2 Å². The molecule has 142 valence electrons. The number of carbonyl (C=O) groups excluding carboxylic acids is 1. The summed E-state index contributed by atoms with van der Waals surface area (Å²) in [5.74, 6) is -1.43. The van der Waals surface area contributed by atoms with Gasteiger partial charge in [0.1, 0.15) is 6.04 Å². The normalized spacial score (nSPS) is 22.2. The van der Waals surface area contributed by atoms with Crippen molar-refractivity contribution in [3.05, 3.63) is 29.8 Å². The van der Waals surface area contributed by atoms with E-state index >= 15 is 0 Å². The van der Waals surface area contributed by atoms with Crippen LogP contribution in [0.25, 0.3) is 0 Å². The highest BCUT2D eigenvalue weighted by Gasteiger charge is 2.40. The molecule has 2 aliphatic rings. The largest absolute Gasteiger partial charge is 0.478 e. The number of aromatic carboxylic acids is 1. The minimum absolute atomic E-state index is 0.0882. The van der Waals surface area contributed by atoms with E-state index in [1.165, 1.54) is 28.9 Å². The molecular formula is C18H24N2O5S. The van der Waals surface area contributed by atoms with Gasteiger partial charge in [0, 0.05) is 12.6 Å². The number of hydrogen-bond donors (Lipinski definition) is 2. The molecule has 8 heteroatoms. The first-order valence-electron chi connectivity index (χ1n) is 9.05. The summed E-state index contributed by atoms with van der Waals surface area (Å²) < 4.78 is 27.2. The predicted molar refractivity (Wildman–Crippen MR) is 95.3 cm³/mol. The molecule has 26 heavy (non-hydrogen) atoms. The zero-order valence-electron chi connectivity index (χ0n) is 14.6. The molecule has 1 amide bonds. The number of nitrogens with zero attached hydrogens (tertiary/aromatic N) is 1. The highest BCUT2D eigenvalue weighted by atomic mass is 32.2. The second-order valence-corrected chi connectivity index (χ2v) is 8.84. The lowest BCUT2D eigenvalue weighted by Gasteiger charge is -2.28. The summed E-state index contributed by atoms with van der Waals surface area (Å²) in [6.45, 7) is 0.266. The maximum Gasteiger partial charge on any atom is 0.335 e. The summed E-state index contributed by atoms with van der Waals surface area (Å²) in [4.78, 5) is 23.7. The molecule has 2 N–H and O–H groups in total. The van der Waals surface area contributed by atoms with E-state index in [1.54, 1.807) is 0 Å². The molecule has 1 aliphatic heterocycles. The average molecular weight is 380 g/mol. The number of rotatable bonds is 5. The fraction of sp³-hybridized carbons (Fsp3) is 0.556. The van der Waals surface area contributed by atoms with Gasteiger partial charge in [-0.2, -0.15) is 4.31 Å². The lowest BCUT2D eigenvalue weighted by molar-refractivity contribution is -0.125. The van der Waals surface area contributed by atoms with E-state index in [-0.39, 0.29) is 29.0 Å². The molecule has 1 atom stereocenters. The van der Waals surface area contributed by atoms with Crippen LogP contribution in [0.5, 0.6) is 0 Å². The maximum absolute atomic E-state index is 13.0. The first kappa shape index (κ1) is 18.8. The highest BCUT2D eigenvalue weighted by Crippen LogP contribution is 2.27. The number of hydrogen-bond acceptors (Lipinski definition) is 4. The van der Waals surface area contributed by atoms with Crippen molar-refractivity contribution in [2.24, 2.45) is 0 Å². The van der Waals surface area contributed by atoms with Gasteiger partial charge in [-0.3, -0.25) is 4.79 Å². The van der Waals surface area contributed by atoms with E-state index in [0.717, 1.165) is 31.7 Å². The van der Waals surface area contributed by atoms with Crippen LogP contribution in [-0.2, 0) is 14.8 Å². The van der Waals surface area contributed by atoms with Crippen molar-refractivity contribution < 1.29 is 23.1 Å². The molecule has 0 bridgehead atoms. The highest BCUT2D eigenvalue weighted by molar-refractivity contribution is 7.89. The van der Waals surface area contributed by atoms with Crippen LogP contribution in [0, 0.1) is 0 Å². The Morgan fingerprint density at radius 3 is 2.50 bits per heavy atom. The third-order valence-corrected chi connectivity index (χ3v) is 7.05. The Balaban J connectivity index is 1.78. The van der Waals surface area contributed by atoms with Gasteiger partial charge in [-0.1, -0.05) is 25.3 Å². The summed E-state index contributed by atoms with van der Waals surface area (Å²) >= 11 is 0. The van der Waals surface area contributed by atoms with Crippen LogP contribution in [0.2, 0.25) is 0 Å². The number of sulfonamides is 1. The minimum atomic E-state index is -3.92. The molecule has 7 nitrogen and oxygen atoms in total. The molecular weight excluding hydrogens is 356 g/mol. The number of amides is 1.